The Labute approximate surface area is 142 Å². The third kappa shape index (κ3) is 6.58. The highest BCUT2D eigenvalue weighted by atomic mass is 16.5. The number of nitrogens with one attached hydrogen (secondary N) is 1. The van der Waals surface area contributed by atoms with Crippen LogP contribution in [-0.4, -0.2) is 49.2 Å². The van der Waals surface area contributed by atoms with Crippen LogP contribution in [0.2, 0.25) is 0 Å². The van der Waals surface area contributed by atoms with E-state index in [-0.39, 0.29) is 18.4 Å². The van der Waals surface area contributed by atoms with Crippen LogP contribution in [0.3, 0.4) is 0 Å². The number of para-hydroxylation sites is 1. The van der Waals surface area contributed by atoms with Crippen molar-refractivity contribution >= 4 is 0 Å². The smallest absolute Gasteiger partial charge is 0.119 e. The summed E-state index contributed by atoms with van der Waals surface area (Å²) in [4.78, 5) is 0. The molecule has 0 aliphatic heterocycles. The maximum Gasteiger partial charge on any atom is 0.119 e. The zero-order chi connectivity index (χ0) is 17.2. The van der Waals surface area contributed by atoms with E-state index in [1.54, 1.807) is 19.2 Å². The van der Waals surface area contributed by atoms with Crippen molar-refractivity contribution in [3.05, 3.63) is 60.2 Å². The molecule has 24 heavy (non-hydrogen) atoms. The van der Waals surface area contributed by atoms with Crippen LogP contribution in [-0.2, 0) is 11.2 Å². The fraction of sp³-hybridized carbons (Fsp3) is 0.368. The SMILES string of the molecule is COC[C@H](Cc1ccc(O)cc1)NC[C@H](O)COc1ccccc1. The minimum Gasteiger partial charge on any atom is -0.508 e. The number of aliphatic hydroxyl groups is 1. The van der Waals surface area contributed by atoms with E-state index in [0.717, 1.165) is 17.7 Å². The Morgan fingerprint density at radius 2 is 1.71 bits per heavy atom. The van der Waals surface area contributed by atoms with Crippen LogP contribution in [0.1, 0.15) is 5.56 Å². The largest absolute Gasteiger partial charge is 0.508 e. The molecule has 0 fully saturated rings. The summed E-state index contributed by atoms with van der Waals surface area (Å²) < 4.78 is 10.8. The molecule has 0 unspecified atom stereocenters. The monoisotopic (exact) mass is 331 g/mol. The number of hydrogen-bond acceptors (Lipinski definition) is 5. The second-order valence-electron chi connectivity index (χ2n) is 5.71. The van der Waals surface area contributed by atoms with Crippen molar-refractivity contribution in [2.24, 2.45) is 0 Å². The summed E-state index contributed by atoms with van der Waals surface area (Å²) in [5, 5.41) is 22.7. The van der Waals surface area contributed by atoms with Gasteiger partial charge in [-0.05, 0) is 36.2 Å². The number of benzene rings is 2. The highest BCUT2D eigenvalue weighted by Gasteiger charge is 2.12. The normalized spacial score (nSPS) is 13.4. The molecule has 2 atom stereocenters. The summed E-state index contributed by atoms with van der Waals surface area (Å²) in [5.41, 5.74) is 1.09. The van der Waals surface area contributed by atoms with Crippen molar-refractivity contribution in [3.8, 4) is 11.5 Å². The average Bonchev–Trinajstić information content (AvgIpc) is 2.61. The molecule has 0 heterocycles. The number of aliphatic hydroxyl groups excluding tert-OH is 1. The van der Waals surface area contributed by atoms with Crippen LogP contribution in [0.5, 0.6) is 11.5 Å². The van der Waals surface area contributed by atoms with Crippen LogP contribution in [0.25, 0.3) is 0 Å². The third-order valence-electron chi connectivity index (χ3n) is 3.61. The van der Waals surface area contributed by atoms with Gasteiger partial charge in [0.05, 0.1) is 6.61 Å². The molecule has 3 N–H and O–H groups in total. The first kappa shape index (κ1) is 18.3. The van der Waals surface area contributed by atoms with Gasteiger partial charge in [-0.2, -0.15) is 0 Å². The molecule has 0 radical (unpaired) electrons. The summed E-state index contributed by atoms with van der Waals surface area (Å²) in [6.07, 6.45) is 0.143. The first-order valence-electron chi connectivity index (χ1n) is 8.03. The third-order valence-corrected chi connectivity index (χ3v) is 3.61. The van der Waals surface area contributed by atoms with E-state index in [4.69, 9.17) is 9.47 Å². The highest BCUT2D eigenvalue weighted by Crippen LogP contribution is 2.12. The molecule has 2 rings (SSSR count). The van der Waals surface area contributed by atoms with E-state index >= 15 is 0 Å². The maximum atomic E-state index is 10.1. The van der Waals surface area contributed by atoms with E-state index in [1.165, 1.54) is 0 Å². The topological polar surface area (TPSA) is 71.0 Å². The molecule has 2 aromatic rings. The summed E-state index contributed by atoms with van der Waals surface area (Å²) in [5.74, 6) is 0.998. The highest BCUT2D eigenvalue weighted by molar-refractivity contribution is 5.26. The molecular weight excluding hydrogens is 306 g/mol. The van der Waals surface area contributed by atoms with E-state index in [1.807, 2.05) is 42.5 Å². The van der Waals surface area contributed by atoms with Gasteiger partial charge in [-0.15, -0.1) is 0 Å². The average molecular weight is 331 g/mol. The lowest BCUT2D eigenvalue weighted by Crippen LogP contribution is -2.41. The molecule has 2 aromatic carbocycles. The van der Waals surface area contributed by atoms with Gasteiger partial charge in [0, 0.05) is 19.7 Å². The van der Waals surface area contributed by atoms with Gasteiger partial charge in [-0.25, -0.2) is 0 Å². The van der Waals surface area contributed by atoms with Gasteiger partial charge >= 0.3 is 0 Å². The minimum absolute atomic E-state index is 0.0749. The Balaban J connectivity index is 1.76. The van der Waals surface area contributed by atoms with Crippen molar-refractivity contribution < 1.29 is 19.7 Å². The number of hydrogen-bond donors (Lipinski definition) is 3. The number of ether oxygens (including phenoxy) is 2. The quantitative estimate of drug-likeness (QED) is 0.621. The number of phenolic OH excluding ortho intramolecular Hbond substituents is 1. The van der Waals surface area contributed by atoms with Gasteiger partial charge in [0.15, 0.2) is 0 Å². The number of aromatic hydroxyl groups is 1. The van der Waals surface area contributed by atoms with Crippen LogP contribution in [0, 0.1) is 0 Å². The molecule has 5 nitrogen and oxygen atoms in total. The van der Waals surface area contributed by atoms with Gasteiger partial charge in [-0.3, -0.25) is 0 Å². The van der Waals surface area contributed by atoms with Crippen LogP contribution in [0.4, 0.5) is 0 Å². The molecule has 0 amide bonds. The Kier molecular flexibility index (Phi) is 7.55. The first-order valence-corrected chi connectivity index (χ1v) is 8.03. The molecule has 0 bridgehead atoms. The van der Waals surface area contributed by atoms with E-state index in [0.29, 0.717) is 13.2 Å². The minimum atomic E-state index is -0.607. The second kappa shape index (κ2) is 9.93. The number of methoxy groups -OCH3 is 1. The molecule has 0 aliphatic rings. The standard InChI is InChI=1S/C19H25NO4/c1-23-13-16(11-15-7-9-17(21)10-8-15)20-12-18(22)14-24-19-5-3-2-4-6-19/h2-10,16,18,20-22H,11-14H2,1H3/t16-,18-/m0/s1. The molecule has 0 spiro atoms. The summed E-state index contributed by atoms with van der Waals surface area (Å²) in [6.45, 7) is 1.18. The number of phenols is 1. The Bertz CT molecular complexity index is 574. The Hall–Kier alpha value is -2.08. The van der Waals surface area contributed by atoms with Gasteiger partial charge in [-0.1, -0.05) is 30.3 Å². The summed E-state index contributed by atoms with van der Waals surface area (Å²) in [7, 11) is 1.65. The molecule has 130 valence electrons. The molecular formula is C19H25NO4. The number of rotatable bonds is 10. The predicted molar refractivity (Wildman–Crippen MR) is 93.4 cm³/mol. The van der Waals surface area contributed by atoms with E-state index in [9.17, 15) is 10.2 Å². The van der Waals surface area contributed by atoms with Crippen LogP contribution < -0.4 is 10.1 Å². The molecule has 0 aromatic heterocycles. The zero-order valence-electron chi connectivity index (χ0n) is 13.9. The maximum absolute atomic E-state index is 10.1. The van der Waals surface area contributed by atoms with Crippen molar-refractivity contribution in [3.63, 3.8) is 0 Å². The first-order chi connectivity index (χ1) is 11.7. The lowest BCUT2D eigenvalue weighted by Gasteiger charge is -2.20. The Morgan fingerprint density at radius 3 is 2.38 bits per heavy atom. The van der Waals surface area contributed by atoms with Crippen molar-refractivity contribution in [2.45, 2.75) is 18.6 Å². The van der Waals surface area contributed by atoms with E-state index in [2.05, 4.69) is 5.32 Å². The van der Waals surface area contributed by atoms with Crippen LogP contribution >= 0.6 is 0 Å². The lowest BCUT2D eigenvalue weighted by molar-refractivity contribution is 0.0957. The van der Waals surface area contributed by atoms with Gasteiger partial charge in [0.1, 0.15) is 24.2 Å². The van der Waals surface area contributed by atoms with Gasteiger partial charge in [0.2, 0.25) is 0 Å². The molecule has 5 heteroatoms. The molecule has 0 saturated heterocycles. The predicted octanol–water partition coefficient (Wildman–Crippen LogP) is 1.98. The van der Waals surface area contributed by atoms with Crippen molar-refractivity contribution in [2.75, 3.05) is 26.9 Å². The Morgan fingerprint density at radius 1 is 1.00 bits per heavy atom. The molecule has 0 saturated carbocycles. The van der Waals surface area contributed by atoms with Crippen molar-refractivity contribution in [1.29, 1.82) is 0 Å². The summed E-state index contributed by atoms with van der Waals surface area (Å²) >= 11 is 0. The van der Waals surface area contributed by atoms with Crippen molar-refractivity contribution in [1.82, 2.24) is 5.32 Å². The zero-order valence-corrected chi connectivity index (χ0v) is 13.9. The fourth-order valence-electron chi connectivity index (χ4n) is 2.38. The van der Waals surface area contributed by atoms with Crippen LogP contribution in [0.15, 0.2) is 54.6 Å². The fourth-order valence-corrected chi connectivity index (χ4v) is 2.38. The second-order valence-corrected chi connectivity index (χ2v) is 5.71. The lowest BCUT2D eigenvalue weighted by atomic mass is 10.1. The van der Waals surface area contributed by atoms with E-state index < -0.39 is 6.10 Å². The van der Waals surface area contributed by atoms with Gasteiger partial charge < -0.3 is 25.0 Å². The molecule has 0 aliphatic carbocycles. The summed E-state index contributed by atoms with van der Waals surface area (Å²) in [6, 6.07) is 16.6. The van der Waals surface area contributed by atoms with Gasteiger partial charge in [0.25, 0.3) is 0 Å².